The molecule has 0 amide bonds. The summed E-state index contributed by atoms with van der Waals surface area (Å²) in [4.78, 5) is 13.1. The molecule has 6 nitrogen and oxygen atoms in total. The van der Waals surface area contributed by atoms with Crippen LogP contribution in [0, 0.1) is 22.7 Å². The van der Waals surface area contributed by atoms with E-state index in [2.05, 4.69) is 4.74 Å². The van der Waals surface area contributed by atoms with Gasteiger partial charge in [-0.15, -0.1) is 0 Å². The summed E-state index contributed by atoms with van der Waals surface area (Å²) in [6.45, 7) is 0.00292. The molecule has 0 spiro atoms. The fourth-order valence-corrected chi connectivity index (χ4v) is 1.50. The van der Waals surface area contributed by atoms with Gasteiger partial charge in [0.15, 0.2) is 0 Å². The minimum absolute atomic E-state index is 0.00146. The molecule has 0 fully saturated rings. The zero-order chi connectivity index (χ0) is 13.5. The highest BCUT2D eigenvalue weighted by atomic mass is 16.5. The number of benzene rings is 1. The highest BCUT2D eigenvalue weighted by molar-refractivity contribution is 5.97. The first-order valence-electron chi connectivity index (χ1n) is 5.10. The molecule has 0 bridgehead atoms. The second kappa shape index (κ2) is 6.12. The van der Waals surface area contributed by atoms with Crippen molar-refractivity contribution in [1.29, 1.82) is 10.5 Å². The number of esters is 1. The minimum atomic E-state index is -0.557. The smallest absolute Gasteiger partial charge is 0.340 e. The van der Waals surface area contributed by atoms with Crippen LogP contribution in [-0.4, -0.2) is 26.2 Å². The maximum atomic E-state index is 11.6. The average Bonchev–Trinajstić information content (AvgIpc) is 2.37. The fraction of sp³-hybridized carbons (Fsp3) is 0.250. The van der Waals surface area contributed by atoms with Crippen LogP contribution in [0.15, 0.2) is 18.2 Å². The Bertz CT molecular complexity index is 512. The second-order valence-electron chi connectivity index (χ2n) is 3.44. The number of nitrogens with zero attached hydrogens (tertiary/aromatic N) is 3. The lowest BCUT2D eigenvalue weighted by molar-refractivity contribution is 0.0601. The zero-order valence-corrected chi connectivity index (χ0v) is 9.88. The normalized spacial score (nSPS) is 9.06. The lowest BCUT2D eigenvalue weighted by atomic mass is 10.1. The van der Waals surface area contributed by atoms with E-state index in [1.165, 1.54) is 18.1 Å². The summed E-state index contributed by atoms with van der Waals surface area (Å²) in [5, 5.41) is 17.4. The SMILES string of the molecule is COC(=O)c1cc(N)ccc1N(CC#N)CC#N. The molecule has 0 radical (unpaired) electrons. The molecule has 0 aliphatic carbocycles. The van der Waals surface area contributed by atoms with E-state index in [1.54, 1.807) is 12.1 Å². The average molecular weight is 244 g/mol. The first kappa shape index (κ1) is 13.3. The van der Waals surface area contributed by atoms with E-state index < -0.39 is 5.97 Å². The lowest BCUT2D eigenvalue weighted by Gasteiger charge is -2.20. The lowest BCUT2D eigenvalue weighted by Crippen LogP contribution is -2.26. The van der Waals surface area contributed by atoms with E-state index >= 15 is 0 Å². The van der Waals surface area contributed by atoms with Crippen molar-refractivity contribution in [2.45, 2.75) is 0 Å². The van der Waals surface area contributed by atoms with E-state index in [4.69, 9.17) is 16.3 Å². The molecule has 0 atom stereocenters. The number of hydrogen-bond donors (Lipinski definition) is 1. The van der Waals surface area contributed by atoms with Gasteiger partial charge in [0, 0.05) is 5.69 Å². The molecule has 1 aromatic carbocycles. The topological polar surface area (TPSA) is 103 Å². The molecule has 0 saturated carbocycles. The number of nitriles is 2. The number of anilines is 2. The Morgan fingerprint density at radius 2 is 2.00 bits per heavy atom. The number of nitrogen functional groups attached to an aromatic ring is 1. The third-order valence-corrected chi connectivity index (χ3v) is 2.29. The molecule has 0 aliphatic rings. The number of carbonyl (C=O) groups excluding carboxylic acids is 1. The molecule has 0 unspecified atom stereocenters. The van der Waals surface area contributed by atoms with Gasteiger partial charge in [-0.2, -0.15) is 10.5 Å². The van der Waals surface area contributed by atoms with E-state index in [-0.39, 0.29) is 18.7 Å². The second-order valence-corrected chi connectivity index (χ2v) is 3.44. The van der Waals surface area contributed by atoms with Gasteiger partial charge < -0.3 is 15.4 Å². The summed E-state index contributed by atoms with van der Waals surface area (Å²) in [5.41, 5.74) is 6.72. The summed E-state index contributed by atoms with van der Waals surface area (Å²) >= 11 is 0. The van der Waals surface area contributed by atoms with Gasteiger partial charge in [-0.3, -0.25) is 0 Å². The molecule has 0 aliphatic heterocycles. The summed E-state index contributed by atoms with van der Waals surface area (Å²) in [6.07, 6.45) is 0. The molecule has 2 N–H and O–H groups in total. The van der Waals surface area contributed by atoms with Crippen LogP contribution < -0.4 is 10.6 Å². The summed E-state index contributed by atoms with van der Waals surface area (Å²) in [5.74, 6) is -0.557. The van der Waals surface area contributed by atoms with E-state index in [9.17, 15) is 4.79 Å². The van der Waals surface area contributed by atoms with Crippen molar-refractivity contribution in [2.24, 2.45) is 0 Å². The van der Waals surface area contributed by atoms with Gasteiger partial charge in [0.05, 0.1) is 30.5 Å². The number of carbonyl (C=O) groups is 1. The maximum absolute atomic E-state index is 11.6. The molecule has 6 heteroatoms. The highest BCUT2D eigenvalue weighted by Gasteiger charge is 2.17. The van der Waals surface area contributed by atoms with Gasteiger partial charge in [-0.25, -0.2) is 4.79 Å². The Morgan fingerprint density at radius 1 is 1.39 bits per heavy atom. The molecule has 0 saturated heterocycles. The Labute approximate surface area is 105 Å². The van der Waals surface area contributed by atoms with Crippen LogP contribution in [0.1, 0.15) is 10.4 Å². The van der Waals surface area contributed by atoms with Gasteiger partial charge in [0.2, 0.25) is 0 Å². The summed E-state index contributed by atoms with van der Waals surface area (Å²) < 4.78 is 4.65. The molecule has 0 aromatic heterocycles. The molecular formula is C12H12N4O2. The van der Waals surface area contributed by atoms with Crippen molar-refractivity contribution >= 4 is 17.3 Å². The van der Waals surface area contributed by atoms with Gasteiger partial charge in [0.1, 0.15) is 13.1 Å². The van der Waals surface area contributed by atoms with Crippen molar-refractivity contribution < 1.29 is 9.53 Å². The standard InChI is InChI=1S/C12H12N4O2/c1-18-12(17)10-8-9(15)2-3-11(10)16(6-4-13)7-5-14/h2-3,8H,6-7,15H2,1H3. The maximum Gasteiger partial charge on any atom is 0.340 e. The van der Waals surface area contributed by atoms with Crippen LogP contribution in [0.4, 0.5) is 11.4 Å². The van der Waals surface area contributed by atoms with Crippen molar-refractivity contribution in [2.75, 3.05) is 30.8 Å². The first-order valence-corrected chi connectivity index (χ1v) is 5.10. The third-order valence-electron chi connectivity index (χ3n) is 2.29. The van der Waals surface area contributed by atoms with Gasteiger partial charge in [0.25, 0.3) is 0 Å². The van der Waals surface area contributed by atoms with E-state index in [0.29, 0.717) is 11.4 Å². The molecule has 1 aromatic rings. The van der Waals surface area contributed by atoms with Crippen LogP contribution >= 0.6 is 0 Å². The van der Waals surface area contributed by atoms with Crippen LogP contribution in [0.25, 0.3) is 0 Å². The summed E-state index contributed by atoms with van der Waals surface area (Å²) in [7, 11) is 1.26. The number of rotatable bonds is 4. The Hall–Kier alpha value is -2.73. The van der Waals surface area contributed by atoms with Gasteiger partial charge in [-0.1, -0.05) is 0 Å². The fourth-order valence-electron chi connectivity index (χ4n) is 1.50. The predicted molar refractivity (Wildman–Crippen MR) is 65.6 cm³/mol. The number of methoxy groups -OCH3 is 1. The van der Waals surface area contributed by atoms with E-state index in [0.717, 1.165) is 0 Å². The molecule has 92 valence electrons. The van der Waals surface area contributed by atoms with E-state index in [1.807, 2.05) is 12.1 Å². The monoisotopic (exact) mass is 244 g/mol. The largest absolute Gasteiger partial charge is 0.465 e. The van der Waals surface area contributed by atoms with Crippen LogP contribution in [0.2, 0.25) is 0 Å². The van der Waals surface area contributed by atoms with Crippen molar-refractivity contribution in [3.8, 4) is 12.1 Å². The Morgan fingerprint density at radius 3 is 2.50 bits per heavy atom. The van der Waals surface area contributed by atoms with Gasteiger partial charge in [-0.05, 0) is 18.2 Å². The van der Waals surface area contributed by atoms with Crippen molar-refractivity contribution in [3.05, 3.63) is 23.8 Å². The summed E-state index contributed by atoms with van der Waals surface area (Å²) in [6, 6.07) is 8.54. The third kappa shape index (κ3) is 2.89. The quantitative estimate of drug-likeness (QED) is 0.479. The molecule has 18 heavy (non-hydrogen) atoms. The number of hydrogen-bond acceptors (Lipinski definition) is 6. The van der Waals surface area contributed by atoms with Crippen LogP contribution in [0.3, 0.4) is 0 Å². The number of nitrogens with two attached hydrogens (primary N) is 1. The Kier molecular flexibility index (Phi) is 4.53. The number of ether oxygens (including phenoxy) is 1. The Balaban J connectivity index is 3.25. The van der Waals surface area contributed by atoms with Crippen molar-refractivity contribution in [3.63, 3.8) is 0 Å². The van der Waals surface area contributed by atoms with Crippen LogP contribution in [-0.2, 0) is 4.74 Å². The molecule has 1 rings (SSSR count). The van der Waals surface area contributed by atoms with Gasteiger partial charge >= 0.3 is 5.97 Å². The first-order chi connectivity index (χ1) is 8.63. The zero-order valence-electron chi connectivity index (χ0n) is 9.88. The molecular weight excluding hydrogens is 232 g/mol. The molecule has 0 heterocycles. The predicted octanol–water partition coefficient (Wildman–Crippen LogP) is 0.909. The highest BCUT2D eigenvalue weighted by Crippen LogP contribution is 2.23. The van der Waals surface area contributed by atoms with Crippen LogP contribution in [0.5, 0.6) is 0 Å². The van der Waals surface area contributed by atoms with Crippen molar-refractivity contribution in [1.82, 2.24) is 0 Å². The minimum Gasteiger partial charge on any atom is -0.465 e.